The van der Waals surface area contributed by atoms with Crippen molar-refractivity contribution in [3.05, 3.63) is 29.3 Å². The van der Waals surface area contributed by atoms with Crippen LogP contribution in [-0.4, -0.2) is 31.5 Å². The van der Waals surface area contributed by atoms with Gasteiger partial charge in [0.05, 0.1) is 12.2 Å². The summed E-state index contributed by atoms with van der Waals surface area (Å²) >= 11 is 0. The molecule has 0 radical (unpaired) electrons. The number of hydrogen-bond donors (Lipinski definition) is 2. The van der Waals surface area contributed by atoms with Gasteiger partial charge in [-0.15, -0.1) is 0 Å². The van der Waals surface area contributed by atoms with E-state index >= 15 is 0 Å². The number of carbonyl (C=O) groups excluding carboxylic acids is 2. The van der Waals surface area contributed by atoms with Crippen molar-refractivity contribution in [3.63, 3.8) is 0 Å². The molecule has 5 heteroatoms. The van der Waals surface area contributed by atoms with E-state index in [2.05, 4.69) is 31.4 Å². The van der Waals surface area contributed by atoms with Gasteiger partial charge in [0, 0.05) is 18.7 Å². The van der Waals surface area contributed by atoms with E-state index in [0.717, 1.165) is 38.5 Å². The van der Waals surface area contributed by atoms with Crippen LogP contribution in [0.1, 0.15) is 208 Å². The van der Waals surface area contributed by atoms with Gasteiger partial charge in [-0.1, -0.05) is 168 Å². The van der Waals surface area contributed by atoms with Gasteiger partial charge >= 0.3 is 0 Å². The second-order valence-electron chi connectivity index (χ2n) is 13.2. The number of ether oxygens (including phenoxy) is 1. The first-order valence-electron chi connectivity index (χ1n) is 19.5. The van der Waals surface area contributed by atoms with Crippen LogP contribution in [0.4, 0.5) is 0 Å². The van der Waals surface area contributed by atoms with Gasteiger partial charge in [0.2, 0.25) is 0 Å². The van der Waals surface area contributed by atoms with Crippen LogP contribution >= 0.6 is 0 Å². The summed E-state index contributed by atoms with van der Waals surface area (Å²) in [7, 11) is 0. The maximum atomic E-state index is 13.1. The fourth-order valence-corrected chi connectivity index (χ4v) is 5.86. The molecule has 5 nitrogen and oxygen atoms in total. The van der Waals surface area contributed by atoms with Crippen LogP contribution in [0.25, 0.3) is 0 Å². The van der Waals surface area contributed by atoms with E-state index in [1.54, 1.807) is 18.2 Å². The Morgan fingerprint density at radius 1 is 0.489 bits per heavy atom. The van der Waals surface area contributed by atoms with Gasteiger partial charge in [0.25, 0.3) is 11.8 Å². The van der Waals surface area contributed by atoms with E-state index in [9.17, 15) is 9.59 Å². The molecule has 0 bridgehead atoms. The standard InChI is InChI=1S/C40H72N2O3/c1-4-7-10-13-16-19-21-24-27-32-41-39(43)36-30-31-37(38(35-36)45-34-29-26-23-18-15-12-9-6-3)40(44)42-33-28-25-22-20-17-14-11-8-5-2/h30-31,35H,4-29,32-34H2,1-3H3,(H,41,43)(H,42,44). The van der Waals surface area contributed by atoms with Crippen LogP contribution < -0.4 is 15.4 Å². The van der Waals surface area contributed by atoms with Crippen molar-refractivity contribution in [1.29, 1.82) is 0 Å². The Labute approximate surface area is 278 Å². The summed E-state index contributed by atoms with van der Waals surface area (Å²) in [5.41, 5.74) is 1.09. The van der Waals surface area contributed by atoms with Crippen molar-refractivity contribution >= 4 is 11.8 Å². The molecule has 0 aliphatic rings. The lowest BCUT2D eigenvalue weighted by atomic mass is 10.1. The van der Waals surface area contributed by atoms with Crippen LogP contribution in [0.15, 0.2) is 18.2 Å². The number of benzene rings is 1. The minimum absolute atomic E-state index is 0.0897. The predicted molar refractivity (Wildman–Crippen MR) is 194 cm³/mol. The molecule has 0 atom stereocenters. The molecule has 0 aliphatic heterocycles. The maximum absolute atomic E-state index is 13.1. The normalized spacial score (nSPS) is 11.1. The lowest BCUT2D eigenvalue weighted by Gasteiger charge is -2.14. The molecule has 2 amide bonds. The van der Waals surface area contributed by atoms with E-state index in [1.807, 2.05) is 0 Å². The molecule has 2 N–H and O–H groups in total. The molecule has 0 spiro atoms. The van der Waals surface area contributed by atoms with E-state index in [0.29, 0.717) is 36.6 Å². The summed E-state index contributed by atoms with van der Waals surface area (Å²) < 4.78 is 6.16. The minimum atomic E-state index is -0.109. The third kappa shape index (κ3) is 23.0. The minimum Gasteiger partial charge on any atom is -0.493 e. The summed E-state index contributed by atoms with van der Waals surface area (Å²) in [6.07, 6.45) is 32.5. The van der Waals surface area contributed by atoms with Crippen LogP contribution in [-0.2, 0) is 0 Å². The molecule has 0 saturated carbocycles. The van der Waals surface area contributed by atoms with Crippen LogP contribution in [0.5, 0.6) is 5.75 Å². The van der Waals surface area contributed by atoms with Gasteiger partial charge in [0.1, 0.15) is 5.75 Å². The summed E-state index contributed by atoms with van der Waals surface area (Å²) in [6.45, 7) is 8.69. The third-order valence-electron chi connectivity index (χ3n) is 8.88. The Kier molecular flexibility index (Phi) is 27.9. The van der Waals surface area contributed by atoms with Gasteiger partial charge in [-0.25, -0.2) is 0 Å². The molecule has 45 heavy (non-hydrogen) atoms. The highest BCUT2D eigenvalue weighted by Crippen LogP contribution is 2.22. The molecule has 0 aromatic heterocycles. The quantitative estimate of drug-likeness (QED) is 0.0780. The zero-order chi connectivity index (χ0) is 32.6. The average molecular weight is 629 g/mol. The van der Waals surface area contributed by atoms with E-state index < -0.39 is 0 Å². The molecular weight excluding hydrogens is 556 g/mol. The number of amides is 2. The monoisotopic (exact) mass is 629 g/mol. The number of rotatable bonds is 32. The molecule has 0 saturated heterocycles. The van der Waals surface area contributed by atoms with E-state index in [4.69, 9.17) is 4.74 Å². The number of carbonyl (C=O) groups is 2. The molecule has 0 unspecified atom stereocenters. The fraction of sp³-hybridized carbons (Fsp3) is 0.800. The highest BCUT2D eigenvalue weighted by atomic mass is 16.5. The number of hydrogen-bond acceptors (Lipinski definition) is 3. The molecule has 260 valence electrons. The van der Waals surface area contributed by atoms with Crippen molar-refractivity contribution in [2.24, 2.45) is 0 Å². The Balaban J connectivity index is 2.51. The van der Waals surface area contributed by atoms with Crippen molar-refractivity contribution < 1.29 is 14.3 Å². The predicted octanol–water partition coefficient (Wildman–Crippen LogP) is 11.7. The van der Waals surface area contributed by atoms with Gasteiger partial charge in [-0.05, 0) is 37.5 Å². The summed E-state index contributed by atoms with van der Waals surface area (Å²) in [5.74, 6) is 0.327. The van der Waals surface area contributed by atoms with Crippen molar-refractivity contribution in [3.8, 4) is 5.75 Å². The third-order valence-corrected chi connectivity index (χ3v) is 8.88. The molecule has 1 aromatic carbocycles. The smallest absolute Gasteiger partial charge is 0.255 e. The van der Waals surface area contributed by atoms with Crippen molar-refractivity contribution in [1.82, 2.24) is 10.6 Å². The fourth-order valence-electron chi connectivity index (χ4n) is 5.86. The summed E-state index contributed by atoms with van der Waals surface area (Å²) in [4.78, 5) is 26.1. The largest absolute Gasteiger partial charge is 0.493 e. The second-order valence-corrected chi connectivity index (χ2v) is 13.2. The number of nitrogens with one attached hydrogen (secondary N) is 2. The lowest BCUT2D eigenvalue weighted by Crippen LogP contribution is -2.26. The zero-order valence-corrected chi connectivity index (χ0v) is 30.0. The average Bonchev–Trinajstić information content (AvgIpc) is 3.05. The Morgan fingerprint density at radius 3 is 1.31 bits per heavy atom. The molecular formula is C40H72N2O3. The lowest BCUT2D eigenvalue weighted by molar-refractivity contribution is 0.0937. The van der Waals surface area contributed by atoms with Gasteiger partial charge < -0.3 is 15.4 Å². The second kappa shape index (κ2) is 30.6. The Bertz CT molecular complexity index is 841. The highest BCUT2D eigenvalue weighted by Gasteiger charge is 2.16. The molecule has 1 aromatic rings. The maximum Gasteiger partial charge on any atom is 0.255 e. The number of unbranched alkanes of at least 4 members (excludes halogenated alkanes) is 23. The molecule has 0 heterocycles. The van der Waals surface area contributed by atoms with E-state index in [-0.39, 0.29) is 11.8 Å². The first-order chi connectivity index (χ1) is 22.1. The summed E-state index contributed by atoms with van der Waals surface area (Å²) in [6, 6.07) is 5.30. The van der Waals surface area contributed by atoms with Crippen molar-refractivity contribution in [2.45, 2.75) is 188 Å². The van der Waals surface area contributed by atoms with Crippen LogP contribution in [0.3, 0.4) is 0 Å². The highest BCUT2D eigenvalue weighted by molar-refractivity contribution is 6.00. The van der Waals surface area contributed by atoms with Crippen LogP contribution in [0, 0.1) is 0 Å². The molecule has 0 fully saturated rings. The van der Waals surface area contributed by atoms with E-state index in [1.165, 1.54) is 128 Å². The van der Waals surface area contributed by atoms with Gasteiger partial charge in [0.15, 0.2) is 0 Å². The SMILES string of the molecule is CCCCCCCCCCCNC(=O)c1ccc(C(=O)NCCCCCCCCCCC)c(OCCCCCCCCCC)c1. The Morgan fingerprint density at radius 2 is 0.867 bits per heavy atom. The molecule has 1 rings (SSSR count). The molecule has 0 aliphatic carbocycles. The first-order valence-corrected chi connectivity index (χ1v) is 19.5. The van der Waals surface area contributed by atoms with Crippen molar-refractivity contribution in [2.75, 3.05) is 19.7 Å². The first kappa shape index (κ1) is 41.0. The van der Waals surface area contributed by atoms with Crippen LogP contribution in [0.2, 0.25) is 0 Å². The van der Waals surface area contributed by atoms with Gasteiger partial charge in [-0.2, -0.15) is 0 Å². The Hall–Kier alpha value is -2.04. The zero-order valence-electron chi connectivity index (χ0n) is 30.0. The summed E-state index contributed by atoms with van der Waals surface area (Å²) in [5, 5.41) is 6.17. The topological polar surface area (TPSA) is 67.4 Å². The van der Waals surface area contributed by atoms with Gasteiger partial charge in [-0.3, -0.25) is 9.59 Å².